The molecule has 8 aromatic rings. The van der Waals surface area contributed by atoms with Crippen LogP contribution in [-0.4, -0.2) is 134 Å². The third-order valence-electron chi connectivity index (χ3n) is 15.8. The highest BCUT2D eigenvalue weighted by molar-refractivity contribution is 6.14. The zero-order valence-corrected chi connectivity index (χ0v) is 58.3. The zero-order valence-electron chi connectivity index (χ0n) is 58.3. The molecule has 0 aliphatic rings. The van der Waals surface area contributed by atoms with Gasteiger partial charge >= 0.3 is 48.2 Å². The summed E-state index contributed by atoms with van der Waals surface area (Å²) in [6.45, 7) is 6.53. The first kappa shape index (κ1) is 81.8. The van der Waals surface area contributed by atoms with Gasteiger partial charge in [0.25, 0.3) is 23.6 Å². The summed E-state index contributed by atoms with van der Waals surface area (Å²) in [4.78, 5) is 131. The second-order valence-electron chi connectivity index (χ2n) is 23.3. The number of aromatic hydroxyl groups is 1. The zero-order chi connectivity index (χ0) is 77.4. The molecule has 0 aliphatic heterocycles. The Bertz CT molecular complexity index is 4360. The summed E-state index contributed by atoms with van der Waals surface area (Å²) >= 11 is 0. The minimum Gasteiger partial charge on any atom is -0.508 e. The summed E-state index contributed by atoms with van der Waals surface area (Å²) in [5.41, 5.74) is -2.40. The van der Waals surface area contributed by atoms with Crippen molar-refractivity contribution in [2.45, 2.75) is 76.6 Å². The van der Waals surface area contributed by atoms with Crippen LogP contribution >= 0.6 is 0 Å². The maximum atomic E-state index is 13.6. The number of hydrogen-bond acceptors (Lipinski definition) is 16. The Hall–Kier alpha value is -12.2. The maximum absolute atomic E-state index is 13.6. The Morgan fingerprint density at radius 2 is 0.743 bits per heavy atom. The van der Waals surface area contributed by atoms with E-state index in [2.05, 4.69) is 10.6 Å². The molecule has 0 fully saturated rings. The molecule has 4 amide bonds. The van der Waals surface area contributed by atoms with Gasteiger partial charge in [0, 0.05) is 52.2 Å². The molecule has 0 unspecified atom stereocenters. The molecule has 0 saturated heterocycles. The van der Waals surface area contributed by atoms with Gasteiger partial charge in [-0.05, 0) is 147 Å². The number of ether oxygens (including phenoxy) is 5. The molecular formula is C78H76F6N4O17. The van der Waals surface area contributed by atoms with Crippen LogP contribution in [0.5, 0.6) is 11.5 Å². The van der Waals surface area contributed by atoms with Crippen LogP contribution in [0.25, 0.3) is 22.3 Å². The van der Waals surface area contributed by atoms with Crippen molar-refractivity contribution in [2.75, 3.05) is 65.3 Å². The highest BCUT2D eigenvalue weighted by Gasteiger charge is 2.52. The molecule has 105 heavy (non-hydrogen) atoms. The smallest absolute Gasteiger partial charge is 0.416 e. The number of carbonyl (C=O) groups excluding carboxylic acids is 9. The molecule has 4 N–H and O–H groups in total. The number of nitrogens with zero attached hydrogens (tertiary/aromatic N) is 2. The second-order valence-corrected chi connectivity index (χ2v) is 23.3. The van der Waals surface area contributed by atoms with E-state index in [-0.39, 0.29) is 96.4 Å². The average Bonchev–Trinajstić information content (AvgIpc) is 0.784. The van der Waals surface area contributed by atoms with Crippen LogP contribution in [0.2, 0.25) is 0 Å². The van der Waals surface area contributed by atoms with Gasteiger partial charge in [-0.2, -0.15) is 26.3 Å². The van der Waals surface area contributed by atoms with E-state index in [1.54, 1.807) is 125 Å². The van der Waals surface area contributed by atoms with Crippen LogP contribution in [0.3, 0.4) is 0 Å². The van der Waals surface area contributed by atoms with Crippen molar-refractivity contribution in [1.82, 2.24) is 9.80 Å². The quantitative estimate of drug-likeness (QED) is 0.0103. The number of amides is 4. The van der Waals surface area contributed by atoms with E-state index in [4.69, 9.17) is 28.8 Å². The Morgan fingerprint density at radius 3 is 1.10 bits per heavy atom. The molecule has 0 heterocycles. The van der Waals surface area contributed by atoms with Crippen molar-refractivity contribution >= 4 is 70.8 Å². The number of phenolic OH excluding ortho intramolecular Hbond substituents is 1. The topological polar surface area (TPSA) is 288 Å². The largest absolute Gasteiger partial charge is 0.508 e. The van der Waals surface area contributed by atoms with Crippen LogP contribution in [0.1, 0.15) is 117 Å². The van der Waals surface area contributed by atoms with Gasteiger partial charge < -0.3 is 54.3 Å². The Kier molecular flexibility index (Phi) is 28.9. The summed E-state index contributed by atoms with van der Waals surface area (Å²) in [5, 5.41) is 24.0. The van der Waals surface area contributed by atoms with Gasteiger partial charge in [-0.3, -0.25) is 47.9 Å². The van der Waals surface area contributed by atoms with Crippen LogP contribution in [-0.2, 0) is 70.9 Å². The molecular weight excluding hydrogens is 1380 g/mol. The predicted octanol–water partition coefficient (Wildman–Crippen LogP) is 14.0. The number of benzene rings is 8. The molecule has 0 bridgehead atoms. The number of hydrogen-bond donors (Lipinski definition) is 4. The molecule has 0 spiro atoms. The molecule has 0 aliphatic carbocycles. The fourth-order valence-corrected chi connectivity index (χ4v) is 10.7. The highest BCUT2D eigenvalue weighted by Crippen LogP contribution is 2.38. The molecule has 0 atom stereocenters. The van der Waals surface area contributed by atoms with Crippen LogP contribution < -0.4 is 15.4 Å². The Labute approximate surface area is 600 Å². The number of halogens is 6. The number of rotatable bonds is 25. The van der Waals surface area contributed by atoms with Crippen LogP contribution in [0.15, 0.2) is 194 Å². The van der Waals surface area contributed by atoms with Gasteiger partial charge in [-0.25, -0.2) is 0 Å². The van der Waals surface area contributed by atoms with E-state index in [0.29, 0.717) is 27.8 Å². The van der Waals surface area contributed by atoms with Gasteiger partial charge in [-0.15, -0.1) is 0 Å². The van der Waals surface area contributed by atoms with Crippen molar-refractivity contribution < 1.29 is 108 Å². The number of anilines is 2. The van der Waals surface area contributed by atoms with E-state index in [0.717, 1.165) is 24.3 Å². The van der Waals surface area contributed by atoms with Crippen LogP contribution in [0, 0.1) is 0 Å². The number of carbonyl (C=O) groups is 10. The van der Waals surface area contributed by atoms with Crippen LogP contribution in [0.4, 0.5) is 37.7 Å². The van der Waals surface area contributed by atoms with Crippen molar-refractivity contribution in [3.63, 3.8) is 0 Å². The number of carboxylic acid groups (broad SMARTS) is 1. The maximum Gasteiger partial charge on any atom is 0.416 e. The van der Waals surface area contributed by atoms with Crippen molar-refractivity contribution in [3.05, 3.63) is 239 Å². The molecule has 8 aromatic carbocycles. The van der Waals surface area contributed by atoms with Gasteiger partial charge in [0.1, 0.15) is 11.5 Å². The van der Waals surface area contributed by atoms with E-state index in [1.165, 1.54) is 111 Å². The summed E-state index contributed by atoms with van der Waals surface area (Å²) in [6, 6.07) is 46.0. The first-order valence-corrected chi connectivity index (χ1v) is 32.6. The molecule has 8 rings (SSSR count). The molecule has 0 saturated carbocycles. The number of carboxylic acids is 1. The second kappa shape index (κ2) is 37.1. The fourth-order valence-electron chi connectivity index (χ4n) is 10.7. The highest BCUT2D eigenvalue weighted by atomic mass is 19.4. The third-order valence-corrected chi connectivity index (χ3v) is 15.8. The number of esters is 5. The first-order chi connectivity index (χ1) is 49.8. The van der Waals surface area contributed by atoms with Crippen molar-refractivity contribution in [3.8, 4) is 33.8 Å². The van der Waals surface area contributed by atoms with Gasteiger partial charge in [0.05, 0.1) is 60.1 Å². The molecule has 0 aromatic heterocycles. The first-order valence-electron chi connectivity index (χ1n) is 32.6. The average molecular weight is 1460 g/mol. The normalized spacial score (nSPS) is 11.1. The molecule has 0 radical (unpaired) electrons. The van der Waals surface area contributed by atoms with Gasteiger partial charge in [-0.1, -0.05) is 121 Å². The summed E-state index contributed by atoms with van der Waals surface area (Å²) in [7, 11) is 6.05. The Morgan fingerprint density at radius 1 is 0.400 bits per heavy atom. The number of aliphatic carboxylic acids is 1. The van der Waals surface area contributed by atoms with Crippen molar-refractivity contribution in [1.29, 1.82) is 0 Å². The molecule has 27 heteroatoms. The monoisotopic (exact) mass is 1450 g/mol. The lowest BCUT2D eigenvalue weighted by molar-refractivity contribution is -0.167. The third kappa shape index (κ3) is 21.0. The lowest BCUT2D eigenvalue weighted by Gasteiger charge is -2.29. The summed E-state index contributed by atoms with van der Waals surface area (Å²) in [5.74, 6) is -7.63. The lowest BCUT2D eigenvalue weighted by atomic mass is 9.76. The molecule has 21 nitrogen and oxygen atoms in total. The van der Waals surface area contributed by atoms with E-state index >= 15 is 0 Å². The Balaban J connectivity index is 0.000000275. The summed E-state index contributed by atoms with van der Waals surface area (Å²) in [6.07, 6.45) is -10.3. The number of nitrogens with one attached hydrogen (secondary N) is 2. The van der Waals surface area contributed by atoms with Crippen molar-refractivity contribution in [2.24, 2.45) is 0 Å². The predicted molar refractivity (Wildman–Crippen MR) is 375 cm³/mol. The standard InChI is InChI=1S/C39H37F3N2O8.C23H19F3N2O3.C16H20O6/c1-5-50-36(48)38(37(49)51-6-2,26-12-8-7-9-13-26)23-22-33(45)52-28-20-21-32(31(24-28)35(47)44(3)4)43-34(46)30-15-11-10-14-29(30)25-16-18-27(19-17-25)39(40,41)42;1-28(2)22(31)19-13-16(29)11-12-20(19)27-21(30)18-6-4-3-5-17(18)14-7-9-15(10-8-14)23(24,25)26;1-3-21-14(19)16(11-10-13(17)18,15(20)22-4-2)12-8-6-5-7-9-12/h7-21,24H,5-6,22-23H2,1-4H3,(H,43,46);3-13,29H,1-2H3,(H,27,30);5-9H,3-4,10-11H2,1-2H3,(H,17,18). The number of alkyl halides is 6. The number of phenols is 1. The van der Waals surface area contributed by atoms with E-state index < -0.39 is 100 Å². The minimum absolute atomic E-state index is 0.0243. The SMILES string of the molecule is CCOC(=O)C(CCC(=O)O)(C(=O)OCC)c1ccccc1.CCOC(=O)C(CCC(=O)Oc1ccc(NC(=O)c2ccccc2-c2ccc(C(F)(F)F)cc2)c(C(=O)N(C)C)c1)(C(=O)OCC)c1ccccc1.CN(C)C(=O)c1cc(O)ccc1NC(=O)c1ccccc1-c1ccc(C(F)(F)F)cc1. The lowest BCUT2D eigenvalue weighted by Crippen LogP contribution is -2.46. The van der Waals surface area contributed by atoms with E-state index in [9.17, 15) is 79.4 Å². The van der Waals surface area contributed by atoms with E-state index in [1.807, 2.05) is 0 Å². The fraction of sp³-hybridized carbons (Fsp3) is 0.256. The van der Waals surface area contributed by atoms with Gasteiger partial charge in [0.15, 0.2) is 10.8 Å². The summed E-state index contributed by atoms with van der Waals surface area (Å²) < 4.78 is 104. The van der Waals surface area contributed by atoms with Gasteiger partial charge in [0.2, 0.25) is 0 Å². The minimum atomic E-state index is -4.52. The molecule has 552 valence electrons.